The van der Waals surface area contributed by atoms with E-state index in [0.29, 0.717) is 10.6 Å². The Kier molecular flexibility index (Phi) is 3.45. The highest BCUT2D eigenvalue weighted by molar-refractivity contribution is 6.32. The fourth-order valence-electron chi connectivity index (χ4n) is 0.825. The second-order valence-corrected chi connectivity index (χ2v) is 3.39. The summed E-state index contributed by atoms with van der Waals surface area (Å²) in [6.45, 7) is 0. The summed E-state index contributed by atoms with van der Waals surface area (Å²) in [5, 5.41) is -0.801. The molecular weight excluding hydrogens is 236 g/mol. The Morgan fingerprint density at radius 1 is 1.29 bits per heavy atom. The third-order valence-electron chi connectivity index (χ3n) is 1.41. The molecule has 76 valence electrons. The molecule has 14 heavy (non-hydrogen) atoms. The average molecular weight is 241 g/mol. The molecule has 0 spiro atoms. The van der Waals surface area contributed by atoms with Gasteiger partial charge < -0.3 is 0 Å². The second-order valence-electron chi connectivity index (χ2n) is 2.55. The summed E-state index contributed by atoms with van der Waals surface area (Å²) in [5.74, 6) is 0. The van der Waals surface area contributed by atoms with Gasteiger partial charge in [0.2, 0.25) is 0 Å². The van der Waals surface area contributed by atoms with Gasteiger partial charge >= 0.3 is 6.18 Å². The molecule has 0 aromatic heterocycles. The number of allylic oxidation sites excluding steroid dienone is 1. The van der Waals surface area contributed by atoms with E-state index in [0.717, 1.165) is 6.08 Å². The van der Waals surface area contributed by atoms with Gasteiger partial charge in [-0.25, -0.2) is 0 Å². The lowest BCUT2D eigenvalue weighted by atomic mass is 10.2. The Hall–Kier alpha value is -0.670. The number of rotatable bonds is 1. The molecule has 1 rings (SSSR count). The molecule has 0 atom stereocenters. The van der Waals surface area contributed by atoms with E-state index in [1.807, 2.05) is 0 Å². The van der Waals surface area contributed by atoms with Gasteiger partial charge in [0.25, 0.3) is 0 Å². The van der Waals surface area contributed by atoms with Crippen LogP contribution in [0.4, 0.5) is 13.2 Å². The molecule has 0 nitrogen and oxygen atoms in total. The number of alkyl halides is 3. The molecule has 0 N–H and O–H groups in total. The summed E-state index contributed by atoms with van der Waals surface area (Å²) in [5.41, 5.74) is 0.319. The van der Waals surface area contributed by atoms with Crippen molar-refractivity contribution in [3.8, 4) is 0 Å². The van der Waals surface area contributed by atoms with Gasteiger partial charge in [-0.3, -0.25) is 0 Å². The Bertz CT molecular complexity index is 355. The lowest BCUT2D eigenvalue weighted by Gasteiger charge is -2.03. The standard InChI is InChI=1S/C9H5Cl2F3/c10-7-3-1-2-6(4-7)5-8(11)9(12,13)14/h1-5H/b8-5-. The van der Waals surface area contributed by atoms with Crippen LogP contribution in [-0.2, 0) is 0 Å². The second kappa shape index (κ2) is 4.24. The average Bonchev–Trinajstić information content (AvgIpc) is 2.02. The van der Waals surface area contributed by atoms with E-state index in [2.05, 4.69) is 0 Å². The van der Waals surface area contributed by atoms with E-state index < -0.39 is 11.2 Å². The Labute approximate surface area is 88.9 Å². The number of benzene rings is 1. The van der Waals surface area contributed by atoms with Crippen LogP contribution in [0, 0.1) is 0 Å². The van der Waals surface area contributed by atoms with E-state index in [4.69, 9.17) is 23.2 Å². The molecule has 0 unspecified atom stereocenters. The Balaban J connectivity index is 2.98. The van der Waals surface area contributed by atoms with Gasteiger partial charge in [-0.15, -0.1) is 0 Å². The van der Waals surface area contributed by atoms with E-state index in [1.165, 1.54) is 12.1 Å². The zero-order valence-electron chi connectivity index (χ0n) is 6.78. The molecular formula is C9H5Cl2F3. The molecule has 0 bridgehead atoms. The zero-order valence-corrected chi connectivity index (χ0v) is 8.29. The first kappa shape index (κ1) is 11.4. The van der Waals surface area contributed by atoms with Crippen LogP contribution in [0.2, 0.25) is 5.02 Å². The minimum atomic E-state index is -4.51. The van der Waals surface area contributed by atoms with Crippen LogP contribution < -0.4 is 0 Å². The number of halogens is 5. The highest BCUT2D eigenvalue weighted by Crippen LogP contribution is 2.30. The van der Waals surface area contributed by atoms with Crippen molar-refractivity contribution in [2.75, 3.05) is 0 Å². The smallest absolute Gasteiger partial charge is 0.165 e. The van der Waals surface area contributed by atoms with Crippen molar-refractivity contribution in [1.82, 2.24) is 0 Å². The first-order chi connectivity index (χ1) is 6.39. The van der Waals surface area contributed by atoms with Gasteiger partial charge in [-0.1, -0.05) is 35.3 Å². The Morgan fingerprint density at radius 3 is 2.43 bits per heavy atom. The summed E-state index contributed by atoms with van der Waals surface area (Å²) >= 11 is 10.6. The van der Waals surface area contributed by atoms with Gasteiger partial charge in [-0.05, 0) is 23.8 Å². The number of hydrogen-bond acceptors (Lipinski definition) is 0. The summed E-state index contributed by atoms with van der Waals surface area (Å²) in [7, 11) is 0. The lowest BCUT2D eigenvalue weighted by Crippen LogP contribution is -2.06. The first-order valence-electron chi connectivity index (χ1n) is 3.59. The van der Waals surface area contributed by atoms with Crippen molar-refractivity contribution >= 4 is 29.3 Å². The van der Waals surface area contributed by atoms with Crippen molar-refractivity contribution in [2.45, 2.75) is 6.18 Å². The lowest BCUT2D eigenvalue weighted by molar-refractivity contribution is -0.0836. The highest BCUT2D eigenvalue weighted by atomic mass is 35.5. The van der Waals surface area contributed by atoms with Crippen LogP contribution in [0.15, 0.2) is 29.3 Å². The van der Waals surface area contributed by atoms with Crippen molar-refractivity contribution in [3.05, 3.63) is 39.9 Å². The predicted octanol–water partition coefficient (Wildman–Crippen LogP) is 4.48. The van der Waals surface area contributed by atoms with Gasteiger partial charge in [0.05, 0.1) is 0 Å². The highest BCUT2D eigenvalue weighted by Gasteiger charge is 2.32. The van der Waals surface area contributed by atoms with Crippen molar-refractivity contribution in [1.29, 1.82) is 0 Å². The molecule has 0 saturated carbocycles. The molecule has 0 saturated heterocycles. The van der Waals surface area contributed by atoms with Crippen molar-refractivity contribution in [3.63, 3.8) is 0 Å². The molecule has 0 fully saturated rings. The van der Waals surface area contributed by atoms with E-state index >= 15 is 0 Å². The van der Waals surface area contributed by atoms with Crippen molar-refractivity contribution in [2.24, 2.45) is 0 Å². The van der Waals surface area contributed by atoms with E-state index in [-0.39, 0.29) is 0 Å². The summed E-state index contributed by atoms with van der Waals surface area (Å²) in [4.78, 5) is 0. The number of hydrogen-bond donors (Lipinski definition) is 0. The van der Waals surface area contributed by atoms with Crippen LogP contribution >= 0.6 is 23.2 Å². The molecule has 1 aromatic rings. The zero-order chi connectivity index (χ0) is 10.8. The minimum absolute atomic E-state index is 0.319. The minimum Gasteiger partial charge on any atom is -0.165 e. The topological polar surface area (TPSA) is 0 Å². The largest absolute Gasteiger partial charge is 0.426 e. The van der Waals surface area contributed by atoms with Crippen molar-refractivity contribution < 1.29 is 13.2 Å². The molecule has 1 aromatic carbocycles. The third kappa shape index (κ3) is 3.24. The molecule has 0 aliphatic rings. The van der Waals surface area contributed by atoms with E-state index in [1.54, 1.807) is 12.1 Å². The van der Waals surface area contributed by atoms with Gasteiger partial charge in [0, 0.05) is 5.02 Å². The van der Waals surface area contributed by atoms with Crippen LogP contribution in [-0.4, -0.2) is 6.18 Å². The summed E-state index contributed by atoms with van der Waals surface area (Å²) < 4.78 is 36.0. The first-order valence-corrected chi connectivity index (χ1v) is 4.35. The van der Waals surface area contributed by atoms with Crippen LogP contribution in [0.1, 0.15) is 5.56 Å². The van der Waals surface area contributed by atoms with Crippen LogP contribution in [0.5, 0.6) is 0 Å². The molecule has 0 amide bonds. The summed E-state index contributed by atoms with van der Waals surface area (Å²) in [6, 6.07) is 6.00. The molecule has 0 aliphatic carbocycles. The normalized spacial score (nSPS) is 13.1. The Morgan fingerprint density at radius 2 is 1.93 bits per heavy atom. The molecule has 5 heteroatoms. The van der Waals surface area contributed by atoms with E-state index in [9.17, 15) is 13.2 Å². The quantitative estimate of drug-likeness (QED) is 0.679. The van der Waals surface area contributed by atoms with Gasteiger partial charge in [0.1, 0.15) is 5.03 Å². The predicted molar refractivity (Wildman–Crippen MR) is 51.3 cm³/mol. The maximum atomic E-state index is 12.0. The molecule has 0 radical (unpaired) electrons. The van der Waals surface area contributed by atoms with Crippen LogP contribution in [0.25, 0.3) is 6.08 Å². The summed E-state index contributed by atoms with van der Waals surface area (Å²) in [6.07, 6.45) is -3.68. The monoisotopic (exact) mass is 240 g/mol. The van der Waals surface area contributed by atoms with Gasteiger partial charge in [-0.2, -0.15) is 13.2 Å². The maximum absolute atomic E-state index is 12.0. The third-order valence-corrected chi connectivity index (χ3v) is 1.97. The fourth-order valence-corrected chi connectivity index (χ4v) is 1.15. The fraction of sp³-hybridized carbons (Fsp3) is 0.111. The maximum Gasteiger partial charge on any atom is 0.426 e. The molecule has 0 heterocycles. The SMILES string of the molecule is FC(F)(F)/C(Cl)=C/c1cccc(Cl)c1. The van der Waals surface area contributed by atoms with Gasteiger partial charge in [0.15, 0.2) is 0 Å². The molecule has 0 aliphatic heterocycles. The van der Waals surface area contributed by atoms with Crippen LogP contribution in [0.3, 0.4) is 0 Å².